The van der Waals surface area contributed by atoms with Crippen molar-refractivity contribution in [3.8, 4) is 0 Å². The van der Waals surface area contributed by atoms with Gasteiger partial charge in [0, 0.05) is 45.0 Å². The lowest BCUT2D eigenvalue weighted by atomic mass is 9.99. The van der Waals surface area contributed by atoms with E-state index in [1.165, 1.54) is 33.9 Å². The summed E-state index contributed by atoms with van der Waals surface area (Å²) in [6.45, 7) is 0.285. The Hall–Kier alpha value is -2.88. The first-order valence-corrected chi connectivity index (χ1v) is 9.60. The molecule has 0 saturated carbocycles. The van der Waals surface area contributed by atoms with E-state index in [1.54, 1.807) is 21.1 Å². The highest BCUT2D eigenvalue weighted by Crippen LogP contribution is 2.27. The van der Waals surface area contributed by atoms with Gasteiger partial charge in [-0.25, -0.2) is 12.8 Å². The van der Waals surface area contributed by atoms with Crippen molar-refractivity contribution in [2.24, 2.45) is 7.05 Å². The standard InChI is InChI=1S/C17H19FN4O4S/c1-21(2)17(24)14-8-10(9-22(14)3)27(25,26)20-13-5-4-12-11(15(13)18)6-7-19-16(12)23/h4-5,8-9,20H,6-7H2,1-3H3,(H,19,23). The normalized spacial score (nSPS) is 13.7. The predicted molar refractivity (Wildman–Crippen MR) is 96.7 cm³/mol. The Kier molecular flexibility index (Phi) is 4.68. The lowest BCUT2D eigenvalue weighted by Crippen LogP contribution is -2.32. The topological polar surface area (TPSA) is 101 Å². The van der Waals surface area contributed by atoms with Gasteiger partial charge in [-0.2, -0.15) is 0 Å². The minimum Gasteiger partial charge on any atom is -0.352 e. The highest BCUT2D eigenvalue weighted by molar-refractivity contribution is 7.92. The summed E-state index contributed by atoms with van der Waals surface area (Å²) in [4.78, 5) is 25.0. The summed E-state index contributed by atoms with van der Waals surface area (Å²) in [5, 5.41) is 2.60. The molecule has 0 fully saturated rings. The predicted octanol–water partition coefficient (Wildman–Crippen LogP) is 0.953. The molecule has 2 amide bonds. The van der Waals surface area contributed by atoms with E-state index in [4.69, 9.17) is 0 Å². The fourth-order valence-corrected chi connectivity index (χ4v) is 4.01. The van der Waals surface area contributed by atoms with Crippen LogP contribution in [0, 0.1) is 5.82 Å². The van der Waals surface area contributed by atoms with Gasteiger partial charge in [-0.3, -0.25) is 14.3 Å². The minimum absolute atomic E-state index is 0.162. The maximum Gasteiger partial charge on any atom is 0.269 e. The molecule has 144 valence electrons. The van der Waals surface area contributed by atoms with Crippen molar-refractivity contribution in [2.45, 2.75) is 11.3 Å². The third kappa shape index (κ3) is 3.39. The van der Waals surface area contributed by atoms with Gasteiger partial charge in [0.25, 0.3) is 21.8 Å². The SMILES string of the molecule is CN(C)C(=O)c1cc(S(=O)(=O)Nc2ccc3c(c2F)CCNC3=O)cn1C. The first-order valence-electron chi connectivity index (χ1n) is 8.12. The molecule has 2 N–H and O–H groups in total. The Labute approximate surface area is 156 Å². The number of carbonyl (C=O) groups is 2. The summed E-state index contributed by atoms with van der Waals surface area (Å²) in [5.41, 5.74) is 0.312. The number of aromatic nitrogens is 1. The first-order chi connectivity index (χ1) is 12.6. The molecule has 1 aromatic heterocycles. The minimum atomic E-state index is -4.12. The number of amides is 2. The maximum atomic E-state index is 14.7. The molecule has 8 nitrogen and oxygen atoms in total. The van der Waals surface area contributed by atoms with Crippen LogP contribution in [-0.2, 0) is 23.5 Å². The maximum absolute atomic E-state index is 14.7. The molecule has 0 atom stereocenters. The van der Waals surface area contributed by atoms with E-state index in [2.05, 4.69) is 10.0 Å². The molecule has 0 spiro atoms. The van der Waals surface area contributed by atoms with Gasteiger partial charge in [0.2, 0.25) is 0 Å². The van der Waals surface area contributed by atoms with E-state index in [-0.39, 0.29) is 52.2 Å². The van der Waals surface area contributed by atoms with Crippen molar-refractivity contribution in [3.63, 3.8) is 0 Å². The lowest BCUT2D eigenvalue weighted by molar-refractivity contribution is 0.0818. The van der Waals surface area contributed by atoms with E-state index in [9.17, 15) is 22.4 Å². The second kappa shape index (κ2) is 6.69. The number of nitrogens with one attached hydrogen (secondary N) is 2. The molecular formula is C17H19FN4O4S. The Morgan fingerprint density at radius 1 is 1.33 bits per heavy atom. The van der Waals surface area contributed by atoms with Gasteiger partial charge in [-0.1, -0.05) is 0 Å². The van der Waals surface area contributed by atoms with E-state index in [1.807, 2.05) is 0 Å². The number of benzene rings is 1. The summed E-state index contributed by atoms with van der Waals surface area (Å²) in [6.07, 6.45) is 1.55. The Morgan fingerprint density at radius 2 is 2.04 bits per heavy atom. The van der Waals surface area contributed by atoms with Crippen LogP contribution >= 0.6 is 0 Å². The summed E-state index contributed by atoms with van der Waals surface area (Å²) in [6, 6.07) is 3.83. The first kappa shape index (κ1) is 18.9. The van der Waals surface area contributed by atoms with Crippen LogP contribution in [0.2, 0.25) is 0 Å². The van der Waals surface area contributed by atoms with E-state index < -0.39 is 15.8 Å². The molecule has 0 bridgehead atoms. The van der Waals surface area contributed by atoms with Gasteiger partial charge in [0.05, 0.1) is 5.69 Å². The van der Waals surface area contributed by atoms with E-state index >= 15 is 0 Å². The molecule has 1 aliphatic heterocycles. The van der Waals surface area contributed by atoms with Crippen molar-refractivity contribution < 1.29 is 22.4 Å². The number of rotatable bonds is 4. The van der Waals surface area contributed by atoms with Crippen LogP contribution in [0.15, 0.2) is 29.3 Å². The van der Waals surface area contributed by atoms with Gasteiger partial charge in [0.1, 0.15) is 10.6 Å². The average Bonchev–Trinajstić information content (AvgIpc) is 3.00. The molecule has 10 heteroatoms. The van der Waals surface area contributed by atoms with Crippen LogP contribution in [0.5, 0.6) is 0 Å². The molecule has 1 aliphatic rings. The Bertz CT molecular complexity index is 1040. The van der Waals surface area contributed by atoms with Gasteiger partial charge >= 0.3 is 0 Å². The van der Waals surface area contributed by atoms with Gasteiger partial charge in [0.15, 0.2) is 5.82 Å². The number of hydrogen-bond donors (Lipinski definition) is 2. The number of anilines is 1. The van der Waals surface area contributed by atoms with Gasteiger partial charge < -0.3 is 14.8 Å². The Morgan fingerprint density at radius 3 is 2.70 bits per heavy atom. The summed E-state index contributed by atoms with van der Waals surface area (Å²) in [7, 11) is 0.542. The molecule has 0 saturated heterocycles. The number of fused-ring (bicyclic) bond motifs is 1. The molecule has 3 rings (SSSR count). The van der Waals surface area contributed by atoms with Crippen molar-refractivity contribution >= 4 is 27.5 Å². The van der Waals surface area contributed by atoms with Crippen LogP contribution in [0.25, 0.3) is 0 Å². The number of hydrogen-bond acceptors (Lipinski definition) is 4. The zero-order valence-electron chi connectivity index (χ0n) is 15.0. The molecule has 2 heterocycles. The molecule has 27 heavy (non-hydrogen) atoms. The smallest absolute Gasteiger partial charge is 0.269 e. The van der Waals surface area contributed by atoms with Crippen LogP contribution < -0.4 is 10.0 Å². The number of sulfonamides is 1. The summed E-state index contributed by atoms with van der Waals surface area (Å²) >= 11 is 0. The molecule has 2 aromatic rings. The number of carbonyl (C=O) groups excluding carboxylic acids is 2. The molecule has 0 radical (unpaired) electrons. The van der Waals surface area contributed by atoms with Crippen molar-refractivity contribution in [1.82, 2.24) is 14.8 Å². The zero-order chi connectivity index (χ0) is 19.9. The van der Waals surface area contributed by atoms with Crippen molar-refractivity contribution in [2.75, 3.05) is 25.4 Å². The number of nitrogens with zero attached hydrogens (tertiary/aromatic N) is 2. The van der Waals surface area contributed by atoms with Crippen LogP contribution in [0.4, 0.5) is 10.1 Å². The van der Waals surface area contributed by atoms with E-state index in [0.717, 1.165) is 0 Å². The second-order valence-corrected chi connectivity index (χ2v) is 8.12. The van der Waals surface area contributed by atoms with Crippen LogP contribution in [0.1, 0.15) is 26.4 Å². The van der Waals surface area contributed by atoms with Crippen LogP contribution in [-0.4, -0.2) is 50.3 Å². The lowest BCUT2D eigenvalue weighted by Gasteiger charge is -2.19. The third-order valence-corrected chi connectivity index (χ3v) is 5.64. The number of aryl methyl sites for hydroxylation is 1. The van der Waals surface area contributed by atoms with Gasteiger partial charge in [-0.15, -0.1) is 0 Å². The largest absolute Gasteiger partial charge is 0.352 e. The average molecular weight is 394 g/mol. The summed E-state index contributed by atoms with van der Waals surface area (Å²) < 4.78 is 43.6. The Balaban J connectivity index is 1.95. The van der Waals surface area contributed by atoms with Gasteiger partial charge in [-0.05, 0) is 24.6 Å². The monoisotopic (exact) mass is 394 g/mol. The quantitative estimate of drug-likeness (QED) is 0.806. The fraction of sp³-hybridized carbons (Fsp3) is 0.294. The van der Waals surface area contributed by atoms with Crippen molar-refractivity contribution in [1.29, 1.82) is 0 Å². The highest BCUT2D eigenvalue weighted by Gasteiger charge is 2.26. The molecule has 1 aromatic carbocycles. The van der Waals surface area contributed by atoms with Crippen molar-refractivity contribution in [3.05, 3.63) is 47.0 Å². The number of halogens is 1. The second-order valence-electron chi connectivity index (χ2n) is 6.44. The van der Waals surface area contributed by atoms with Crippen LogP contribution in [0.3, 0.4) is 0 Å². The molecular weight excluding hydrogens is 375 g/mol. The third-order valence-electron chi connectivity index (χ3n) is 4.31. The molecule has 0 unspecified atom stereocenters. The van der Waals surface area contributed by atoms with E-state index in [0.29, 0.717) is 0 Å². The fourth-order valence-electron chi connectivity index (χ4n) is 2.88. The zero-order valence-corrected chi connectivity index (χ0v) is 15.9. The highest BCUT2D eigenvalue weighted by atomic mass is 32.2. The molecule has 0 aliphatic carbocycles. The summed E-state index contributed by atoms with van der Waals surface area (Å²) in [5.74, 6) is -1.52.